The number of amides is 1. The Morgan fingerprint density at radius 1 is 1.17 bits per heavy atom. The minimum atomic E-state index is -0.950. The van der Waals surface area contributed by atoms with Gasteiger partial charge in [0.05, 0.1) is 0 Å². The SMILES string of the molecule is CCC(C)C(NC(=O)CC(C)CC(C)C)C(=O)O. The molecule has 0 aromatic carbocycles. The highest BCUT2D eigenvalue weighted by atomic mass is 16.4. The van der Waals surface area contributed by atoms with E-state index >= 15 is 0 Å². The molecule has 0 bridgehead atoms. The number of rotatable bonds is 8. The second kappa shape index (κ2) is 8.11. The predicted molar refractivity (Wildman–Crippen MR) is 72.3 cm³/mol. The van der Waals surface area contributed by atoms with Gasteiger partial charge in [0.25, 0.3) is 0 Å². The number of carboxylic acid groups (broad SMARTS) is 1. The summed E-state index contributed by atoms with van der Waals surface area (Å²) in [7, 11) is 0. The van der Waals surface area contributed by atoms with Crippen LogP contribution in [0.4, 0.5) is 0 Å². The Labute approximate surface area is 110 Å². The first kappa shape index (κ1) is 16.9. The average Bonchev–Trinajstić information content (AvgIpc) is 2.23. The lowest BCUT2D eigenvalue weighted by molar-refractivity contribution is -0.143. The summed E-state index contributed by atoms with van der Waals surface area (Å²) < 4.78 is 0. The number of carboxylic acids is 1. The lowest BCUT2D eigenvalue weighted by Gasteiger charge is -2.21. The van der Waals surface area contributed by atoms with Crippen molar-refractivity contribution in [1.29, 1.82) is 0 Å². The fraction of sp³-hybridized carbons (Fsp3) is 0.857. The van der Waals surface area contributed by atoms with Crippen molar-refractivity contribution in [2.75, 3.05) is 0 Å². The number of carbonyl (C=O) groups excluding carboxylic acids is 1. The molecule has 0 rings (SSSR count). The molecule has 106 valence electrons. The molecule has 0 aliphatic carbocycles. The zero-order valence-corrected chi connectivity index (χ0v) is 12.2. The molecule has 2 N–H and O–H groups in total. The summed E-state index contributed by atoms with van der Waals surface area (Å²) in [5, 5.41) is 11.7. The quantitative estimate of drug-likeness (QED) is 0.702. The molecule has 0 saturated carbocycles. The molecule has 0 heterocycles. The molecule has 0 aromatic heterocycles. The highest BCUT2D eigenvalue weighted by Gasteiger charge is 2.25. The maximum absolute atomic E-state index is 11.8. The summed E-state index contributed by atoms with van der Waals surface area (Å²) in [6, 6.07) is -0.770. The van der Waals surface area contributed by atoms with Crippen molar-refractivity contribution in [3.05, 3.63) is 0 Å². The fourth-order valence-electron chi connectivity index (χ4n) is 2.12. The van der Waals surface area contributed by atoms with E-state index in [2.05, 4.69) is 19.2 Å². The standard InChI is InChI=1S/C14H27NO3/c1-6-11(5)13(14(17)18)15-12(16)8-10(4)7-9(2)3/h9-11,13H,6-8H2,1-5H3,(H,15,16)(H,17,18). The van der Waals surface area contributed by atoms with E-state index in [4.69, 9.17) is 5.11 Å². The first-order valence-corrected chi connectivity index (χ1v) is 6.80. The normalized spacial score (nSPS) is 16.1. The van der Waals surface area contributed by atoms with Crippen LogP contribution >= 0.6 is 0 Å². The van der Waals surface area contributed by atoms with Crippen LogP contribution in [-0.2, 0) is 9.59 Å². The van der Waals surface area contributed by atoms with E-state index in [1.54, 1.807) is 0 Å². The van der Waals surface area contributed by atoms with E-state index in [9.17, 15) is 9.59 Å². The molecule has 3 unspecified atom stereocenters. The van der Waals surface area contributed by atoms with E-state index in [0.717, 1.165) is 12.8 Å². The van der Waals surface area contributed by atoms with E-state index in [-0.39, 0.29) is 17.7 Å². The Balaban J connectivity index is 4.30. The highest BCUT2D eigenvalue weighted by Crippen LogP contribution is 2.15. The molecule has 0 aliphatic rings. The van der Waals surface area contributed by atoms with Crippen LogP contribution in [0.3, 0.4) is 0 Å². The Hall–Kier alpha value is -1.06. The number of hydrogen-bond acceptors (Lipinski definition) is 2. The van der Waals surface area contributed by atoms with E-state index < -0.39 is 12.0 Å². The Bertz CT molecular complexity index is 276. The Morgan fingerprint density at radius 3 is 2.11 bits per heavy atom. The smallest absolute Gasteiger partial charge is 0.326 e. The van der Waals surface area contributed by atoms with Crippen LogP contribution in [0.25, 0.3) is 0 Å². The van der Waals surface area contributed by atoms with E-state index in [1.807, 2.05) is 20.8 Å². The van der Waals surface area contributed by atoms with Gasteiger partial charge in [-0.2, -0.15) is 0 Å². The molecule has 0 aliphatic heterocycles. The molecule has 4 heteroatoms. The van der Waals surface area contributed by atoms with Crippen LogP contribution in [0.15, 0.2) is 0 Å². The minimum absolute atomic E-state index is 0.0492. The molecule has 3 atom stereocenters. The monoisotopic (exact) mass is 257 g/mol. The van der Waals surface area contributed by atoms with E-state index in [1.165, 1.54) is 0 Å². The third-order valence-electron chi connectivity index (χ3n) is 3.20. The molecule has 0 radical (unpaired) electrons. The largest absolute Gasteiger partial charge is 0.480 e. The molecule has 0 spiro atoms. The fourth-order valence-corrected chi connectivity index (χ4v) is 2.12. The summed E-state index contributed by atoms with van der Waals surface area (Å²) in [6.07, 6.45) is 2.12. The lowest BCUT2D eigenvalue weighted by atomic mass is 9.94. The maximum Gasteiger partial charge on any atom is 0.326 e. The lowest BCUT2D eigenvalue weighted by Crippen LogP contribution is -2.45. The van der Waals surface area contributed by atoms with Crippen LogP contribution in [-0.4, -0.2) is 23.0 Å². The Kier molecular flexibility index (Phi) is 7.64. The van der Waals surface area contributed by atoms with Gasteiger partial charge in [-0.3, -0.25) is 4.79 Å². The van der Waals surface area contributed by atoms with Gasteiger partial charge < -0.3 is 10.4 Å². The van der Waals surface area contributed by atoms with Gasteiger partial charge in [-0.1, -0.05) is 41.0 Å². The first-order valence-electron chi connectivity index (χ1n) is 6.80. The van der Waals surface area contributed by atoms with Crippen molar-refractivity contribution < 1.29 is 14.7 Å². The van der Waals surface area contributed by atoms with Crippen LogP contribution in [0.1, 0.15) is 53.9 Å². The van der Waals surface area contributed by atoms with Gasteiger partial charge in [0.1, 0.15) is 6.04 Å². The summed E-state index contributed by atoms with van der Waals surface area (Å²) >= 11 is 0. The molecule has 4 nitrogen and oxygen atoms in total. The number of aliphatic carboxylic acids is 1. The van der Waals surface area contributed by atoms with Gasteiger partial charge in [0.2, 0.25) is 5.91 Å². The summed E-state index contributed by atoms with van der Waals surface area (Å²) in [4.78, 5) is 22.9. The third kappa shape index (κ3) is 6.62. The molecule has 1 amide bonds. The van der Waals surface area contributed by atoms with Crippen molar-refractivity contribution >= 4 is 11.9 Å². The van der Waals surface area contributed by atoms with Crippen molar-refractivity contribution in [2.45, 2.75) is 59.9 Å². The van der Waals surface area contributed by atoms with Gasteiger partial charge in [-0.25, -0.2) is 4.79 Å². The van der Waals surface area contributed by atoms with Gasteiger partial charge >= 0.3 is 5.97 Å². The van der Waals surface area contributed by atoms with Crippen molar-refractivity contribution in [3.63, 3.8) is 0 Å². The van der Waals surface area contributed by atoms with E-state index in [0.29, 0.717) is 12.3 Å². The summed E-state index contributed by atoms with van der Waals surface area (Å²) in [6.45, 7) is 10.0. The molecule has 18 heavy (non-hydrogen) atoms. The zero-order valence-electron chi connectivity index (χ0n) is 12.2. The van der Waals surface area contributed by atoms with Crippen LogP contribution < -0.4 is 5.32 Å². The molecule has 0 fully saturated rings. The van der Waals surface area contributed by atoms with Crippen LogP contribution in [0.5, 0.6) is 0 Å². The predicted octanol–water partition coefficient (Wildman–Crippen LogP) is 2.67. The van der Waals surface area contributed by atoms with Crippen molar-refractivity contribution in [1.82, 2.24) is 5.32 Å². The molecular formula is C14H27NO3. The molecular weight excluding hydrogens is 230 g/mol. The van der Waals surface area contributed by atoms with Crippen molar-refractivity contribution in [2.24, 2.45) is 17.8 Å². The van der Waals surface area contributed by atoms with Crippen LogP contribution in [0, 0.1) is 17.8 Å². The number of hydrogen-bond donors (Lipinski definition) is 2. The topological polar surface area (TPSA) is 66.4 Å². The zero-order chi connectivity index (χ0) is 14.3. The second-order valence-corrected chi connectivity index (χ2v) is 5.71. The third-order valence-corrected chi connectivity index (χ3v) is 3.20. The Morgan fingerprint density at radius 2 is 1.72 bits per heavy atom. The second-order valence-electron chi connectivity index (χ2n) is 5.71. The first-order chi connectivity index (χ1) is 8.27. The van der Waals surface area contributed by atoms with Gasteiger partial charge in [-0.15, -0.1) is 0 Å². The number of carbonyl (C=O) groups is 2. The summed E-state index contributed by atoms with van der Waals surface area (Å²) in [5.74, 6) is -0.314. The maximum atomic E-state index is 11.8. The average molecular weight is 257 g/mol. The number of nitrogens with one attached hydrogen (secondary N) is 1. The van der Waals surface area contributed by atoms with Gasteiger partial charge in [0, 0.05) is 6.42 Å². The van der Waals surface area contributed by atoms with Crippen molar-refractivity contribution in [3.8, 4) is 0 Å². The van der Waals surface area contributed by atoms with Crippen LogP contribution in [0.2, 0.25) is 0 Å². The minimum Gasteiger partial charge on any atom is -0.480 e. The van der Waals surface area contributed by atoms with Gasteiger partial charge in [0.15, 0.2) is 0 Å². The highest BCUT2D eigenvalue weighted by molar-refractivity contribution is 5.83. The molecule has 0 aromatic rings. The van der Waals surface area contributed by atoms with Gasteiger partial charge in [-0.05, 0) is 24.2 Å². The molecule has 0 saturated heterocycles. The summed E-state index contributed by atoms with van der Waals surface area (Å²) in [5.41, 5.74) is 0.